The molecule has 0 bridgehead atoms. The molecule has 2 N–H and O–H groups in total. The average molecular weight is 259 g/mol. The number of H-pyrrole nitrogens is 1. The number of piperidine rings is 1. The number of hydrogen-bond acceptors (Lipinski definition) is 3. The van der Waals surface area contributed by atoms with Gasteiger partial charge < -0.3 is 15.1 Å². The van der Waals surface area contributed by atoms with Crippen LogP contribution in [-0.2, 0) is 0 Å². The lowest BCUT2D eigenvalue weighted by Gasteiger charge is -2.28. The van der Waals surface area contributed by atoms with Gasteiger partial charge in [-0.3, -0.25) is 0 Å². The van der Waals surface area contributed by atoms with Crippen molar-refractivity contribution in [3.05, 3.63) is 40.8 Å². The molecule has 0 amide bonds. The second kappa shape index (κ2) is 4.84. The zero-order valence-corrected chi connectivity index (χ0v) is 10.7. The predicted octanol–water partition coefficient (Wildman–Crippen LogP) is 1.67. The molecule has 2 aromatic rings. The molecule has 5 heteroatoms. The summed E-state index contributed by atoms with van der Waals surface area (Å²) in [6.45, 7) is 1.61. The number of aromatic hydroxyl groups is 1. The lowest BCUT2D eigenvalue weighted by Crippen LogP contribution is -2.44. The van der Waals surface area contributed by atoms with Crippen molar-refractivity contribution in [2.24, 2.45) is 0 Å². The van der Waals surface area contributed by atoms with Crippen molar-refractivity contribution in [3.8, 4) is 17.1 Å². The zero-order valence-electron chi connectivity index (χ0n) is 10.7. The highest BCUT2D eigenvalue weighted by molar-refractivity contribution is 5.64. The number of aromatic nitrogens is 2. The maximum atomic E-state index is 12.0. The Hall–Kier alpha value is -2.17. The number of hydrogen-bond donors (Lipinski definition) is 2. The van der Waals surface area contributed by atoms with Crippen LogP contribution in [-0.4, -0.2) is 27.9 Å². The van der Waals surface area contributed by atoms with E-state index in [0.29, 0.717) is 5.69 Å². The van der Waals surface area contributed by atoms with Gasteiger partial charge in [-0.25, -0.2) is 4.79 Å². The molecular weight excluding hydrogens is 242 g/mol. The van der Waals surface area contributed by atoms with Crippen LogP contribution in [0.5, 0.6) is 5.88 Å². The van der Waals surface area contributed by atoms with Crippen LogP contribution < -0.4 is 10.7 Å². The van der Waals surface area contributed by atoms with Crippen molar-refractivity contribution in [2.45, 2.75) is 19.3 Å². The molecule has 3 rings (SSSR count). The summed E-state index contributed by atoms with van der Waals surface area (Å²) in [5, 5.41) is 12.2. The molecule has 0 spiro atoms. The highest BCUT2D eigenvalue weighted by Crippen LogP contribution is 2.26. The first-order chi connectivity index (χ1) is 9.27. The quantitative estimate of drug-likeness (QED) is 0.862. The summed E-state index contributed by atoms with van der Waals surface area (Å²) in [6, 6.07) is 9.40. The van der Waals surface area contributed by atoms with Crippen molar-refractivity contribution in [2.75, 3.05) is 18.1 Å². The minimum atomic E-state index is -0.279. The summed E-state index contributed by atoms with van der Waals surface area (Å²) in [5.74, 6) is -0.00176. The predicted molar refractivity (Wildman–Crippen MR) is 74.0 cm³/mol. The van der Waals surface area contributed by atoms with Gasteiger partial charge in [0.25, 0.3) is 0 Å². The van der Waals surface area contributed by atoms with E-state index in [1.54, 1.807) is 0 Å². The van der Waals surface area contributed by atoms with Gasteiger partial charge in [0.2, 0.25) is 5.88 Å². The zero-order chi connectivity index (χ0) is 13.2. The number of benzene rings is 1. The molecule has 0 saturated carbocycles. The van der Waals surface area contributed by atoms with E-state index in [1.807, 2.05) is 35.3 Å². The topological polar surface area (TPSA) is 61.3 Å². The van der Waals surface area contributed by atoms with E-state index in [2.05, 4.69) is 4.98 Å². The van der Waals surface area contributed by atoms with Crippen molar-refractivity contribution >= 4 is 0 Å². The summed E-state index contributed by atoms with van der Waals surface area (Å²) in [4.78, 5) is 14.8. The highest BCUT2D eigenvalue weighted by Gasteiger charge is 2.20. The Morgan fingerprint density at radius 1 is 1.05 bits per heavy atom. The van der Waals surface area contributed by atoms with Gasteiger partial charge in [0.05, 0.1) is 0 Å². The molecule has 0 radical (unpaired) electrons. The Kier molecular flexibility index (Phi) is 3.03. The van der Waals surface area contributed by atoms with Crippen LogP contribution >= 0.6 is 0 Å². The monoisotopic (exact) mass is 259 g/mol. The molecule has 1 aliphatic heterocycles. The third-order valence-corrected chi connectivity index (χ3v) is 3.53. The van der Waals surface area contributed by atoms with Crippen LogP contribution in [0.25, 0.3) is 11.3 Å². The Labute approximate surface area is 111 Å². The summed E-state index contributed by atoms with van der Waals surface area (Å²) in [6.07, 6.45) is 3.29. The molecule has 1 aromatic carbocycles. The Morgan fingerprint density at radius 3 is 2.42 bits per heavy atom. The molecule has 1 saturated heterocycles. The van der Waals surface area contributed by atoms with Crippen LogP contribution in [0.4, 0.5) is 0 Å². The van der Waals surface area contributed by atoms with Gasteiger partial charge in [-0.05, 0) is 19.3 Å². The largest absolute Gasteiger partial charge is 0.492 e. The standard InChI is InChI=1S/C14H17N3O2/c18-13-12(11-7-3-1-4-8-11)15-14(19)17(13)16-9-5-2-6-10-16/h1,3-4,7-8,18H,2,5-6,9-10H2,(H,15,19). The number of nitrogens with one attached hydrogen (secondary N) is 1. The van der Waals surface area contributed by atoms with Gasteiger partial charge in [-0.1, -0.05) is 30.3 Å². The molecule has 1 aliphatic rings. The number of nitrogens with zero attached hydrogens (tertiary/aromatic N) is 2. The number of aromatic amines is 1. The average Bonchev–Trinajstić information content (AvgIpc) is 2.76. The van der Waals surface area contributed by atoms with E-state index < -0.39 is 0 Å². The Morgan fingerprint density at radius 2 is 1.74 bits per heavy atom. The van der Waals surface area contributed by atoms with Gasteiger partial charge in [-0.15, -0.1) is 0 Å². The summed E-state index contributed by atoms with van der Waals surface area (Å²) >= 11 is 0. The molecule has 0 atom stereocenters. The normalized spacial score (nSPS) is 15.7. The molecule has 1 fully saturated rings. The molecule has 0 aliphatic carbocycles. The van der Waals surface area contributed by atoms with Gasteiger partial charge in [-0.2, -0.15) is 4.68 Å². The maximum Gasteiger partial charge on any atom is 0.348 e. The first kappa shape index (κ1) is 11.9. The number of imidazole rings is 1. The fraction of sp³-hybridized carbons (Fsp3) is 0.357. The van der Waals surface area contributed by atoms with Crippen LogP contribution in [0.1, 0.15) is 19.3 Å². The third-order valence-electron chi connectivity index (χ3n) is 3.53. The van der Waals surface area contributed by atoms with Gasteiger partial charge in [0, 0.05) is 18.7 Å². The van der Waals surface area contributed by atoms with Crippen LogP contribution in [0.15, 0.2) is 35.1 Å². The minimum Gasteiger partial charge on any atom is -0.492 e. The first-order valence-electron chi connectivity index (χ1n) is 6.62. The van der Waals surface area contributed by atoms with Crippen molar-refractivity contribution in [1.82, 2.24) is 9.66 Å². The third kappa shape index (κ3) is 2.12. The van der Waals surface area contributed by atoms with Crippen molar-refractivity contribution in [3.63, 3.8) is 0 Å². The van der Waals surface area contributed by atoms with E-state index >= 15 is 0 Å². The first-order valence-corrected chi connectivity index (χ1v) is 6.62. The maximum absolute atomic E-state index is 12.0. The fourth-order valence-electron chi connectivity index (χ4n) is 2.56. The van der Waals surface area contributed by atoms with Gasteiger partial charge in [0.1, 0.15) is 5.69 Å². The minimum absolute atomic E-state index is 0.00176. The Bertz CT molecular complexity index is 609. The lowest BCUT2D eigenvalue weighted by atomic mass is 10.1. The van der Waals surface area contributed by atoms with E-state index in [9.17, 15) is 9.90 Å². The lowest BCUT2D eigenvalue weighted by molar-refractivity contribution is 0.383. The molecular formula is C14H17N3O2. The molecule has 2 heterocycles. The van der Waals surface area contributed by atoms with Gasteiger partial charge in [0.15, 0.2) is 0 Å². The molecule has 100 valence electrons. The van der Waals surface area contributed by atoms with Crippen molar-refractivity contribution < 1.29 is 5.11 Å². The second-order valence-electron chi connectivity index (χ2n) is 4.82. The molecule has 5 nitrogen and oxygen atoms in total. The summed E-state index contributed by atoms with van der Waals surface area (Å²) in [7, 11) is 0. The summed E-state index contributed by atoms with van der Waals surface area (Å²) < 4.78 is 1.36. The van der Waals surface area contributed by atoms with E-state index in [0.717, 1.165) is 31.5 Å². The fourth-order valence-corrected chi connectivity index (χ4v) is 2.56. The highest BCUT2D eigenvalue weighted by atomic mass is 16.3. The van der Waals surface area contributed by atoms with Crippen molar-refractivity contribution in [1.29, 1.82) is 0 Å². The van der Waals surface area contributed by atoms with E-state index in [-0.39, 0.29) is 11.6 Å². The SMILES string of the molecule is O=c1[nH]c(-c2ccccc2)c(O)n1N1CCCCC1. The smallest absolute Gasteiger partial charge is 0.348 e. The Balaban J connectivity index is 2.03. The summed E-state index contributed by atoms with van der Waals surface area (Å²) in [5.41, 5.74) is 1.02. The molecule has 0 unspecified atom stereocenters. The van der Waals surface area contributed by atoms with Gasteiger partial charge >= 0.3 is 5.69 Å². The molecule has 1 aromatic heterocycles. The van der Waals surface area contributed by atoms with E-state index in [1.165, 1.54) is 11.1 Å². The number of rotatable bonds is 2. The van der Waals surface area contributed by atoms with Crippen LogP contribution in [0, 0.1) is 0 Å². The van der Waals surface area contributed by atoms with Crippen LogP contribution in [0.2, 0.25) is 0 Å². The van der Waals surface area contributed by atoms with E-state index in [4.69, 9.17) is 0 Å². The molecule has 19 heavy (non-hydrogen) atoms. The second-order valence-corrected chi connectivity index (χ2v) is 4.82. The van der Waals surface area contributed by atoms with Crippen LogP contribution in [0.3, 0.4) is 0 Å².